The number of carbonyl (C=O) groups is 1. The van der Waals surface area contributed by atoms with Gasteiger partial charge in [-0.3, -0.25) is 20.2 Å². The van der Waals surface area contributed by atoms with Gasteiger partial charge in [-0.05, 0) is 18.2 Å². The fourth-order valence-corrected chi connectivity index (χ4v) is 2.08. The van der Waals surface area contributed by atoms with Crippen molar-refractivity contribution in [3.05, 3.63) is 68.0 Å². The lowest BCUT2D eigenvalue weighted by Gasteiger charge is -2.19. The van der Waals surface area contributed by atoms with Gasteiger partial charge in [-0.2, -0.15) is 4.39 Å². The number of nitro benzene ring substituents is 2. The van der Waals surface area contributed by atoms with Crippen LogP contribution in [0.25, 0.3) is 0 Å². The monoisotopic (exact) mass is 335 g/mol. The number of carboxylic acid groups (broad SMARTS) is 1. The largest absolute Gasteiger partial charge is 0.478 e. The third kappa shape index (κ3) is 3.11. The Bertz CT molecular complexity index is 854. The van der Waals surface area contributed by atoms with Gasteiger partial charge in [0.1, 0.15) is 5.69 Å². The van der Waals surface area contributed by atoms with Crippen molar-refractivity contribution in [2.45, 2.75) is 0 Å². The van der Waals surface area contributed by atoms with Crippen LogP contribution in [0.2, 0.25) is 0 Å². The van der Waals surface area contributed by atoms with Gasteiger partial charge in [-0.15, -0.1) is 0 Å². The maximum Gasteiger partial charge on any atom is 0.335 e. The fraction of sp³-hybridized carbons (Fsp3) is 0.0714. The van der Waals surface area contributed by atoms with Gasteiger partial charge in [0.2, 0.25) is 5.82 Å². The van der Waals surface area contributed by atoms with Crippen molar-refractivity contribution in [1.82, 2.24) is 0 Å². The first kappa shape index (κ1) is 16.8. The summed E-state index contributed by atoms with van der Waals surface area (Å²) in [6, 6.07) is 6.65. The number of nitrogens with zero attached hydrogens (tertiary/aromatic N) is 3. The van der Waals surface area contributed by atoms with Crippen LogP contribution >= 0.6 is 0 Å². The van der Waals surface area contributed by atoms with E-state index < -0.39 is 33.0 Å². The molecule has 0 atom stereocenters. The first-order valence-corrected chi connectivity index (χ1v) is 6.41. The van der Waals surface area contributed by atoms with Gasteiger partial charge >= 0.3 is 11.7 Å². The molecule has 2 aromatic carbocycles. The van der Waals surface area contributed by atoms with E-state index in [0.29, 0.717) is 12.1 Å². The molecule has 1 N–H and O–H groups in total. The molecule has 2 aromatic rings. The predicted molar refractivity (Wildman–Crippen MR) is 81.2 cm³/mol. The lowest BCUT2D eigenvalue weighted by atomic mass is 10.1. The highest BCUT2D eigenvalue weighted by Crippen LogP contribution is 2.37. The Hall–Kier alpha value is -3.56. The molecule has 0 saturated heterocycles. The molecule has 10 heteroatoms. The van der Waals surface area contributed by atoms with Crippen molar-refractivity contribution in [2.75, 3.05) is 11.9 Å². The standard InChI is InChI=1S/C14H10FN3O6/c1-16(9-4-2-3-8(5-9)14(19)20)12-6-10(15)11(17(21)22)7-13(12)18(23)24/h2-7H,1H3,(H,19,20). The molecule has 0 fully saturated rings. The molecule has 0 aliphatic heterocycles. The quantitative estimate of drug-likeness (QED) is 0.657. The number of benzene rings is 2. The van der Waals surface area contributed by atoms with Crippen LogP contribution in [0.5, 0.6) is 0 Å². The van der Waals surface area contributed by atoms with Crippen LogP contribution in [0.4, 0.5) is 27.1 Å². The van der Waals surface area contributed by atoms with Crippen LogP contribution < -0.4 is 4.90 Å². The average Bonchev–Trinajstić information content (AvgIpc) is 2.53. The van der Waals surface area contributed by atoms with E-state index in [1.54, 1.807) is 0 Å². The van der Waals surface area contributed by atoms with Crippen molar-refractivity contribution < 1.29 is 24.1 Å². The molecule has 0 radical (unpaired) electrons. The molecule has 0 aliphatic rings. The zero-order valence-corrected chi connectivity index (χ0v) is 12.2. The van der Waals surface area contributed by atoms with E-state index in [2.05, 4.69) is 0 Å². The number of hydrogen-bond acceptors (Lipinski definition) is 6. The lowest BCUT2D eigenvalue weighted by molar-refractivity contribution is -0.395. The Balaban J connectivity index is 2.60. The van der Waals surface area contributed by atoms with Gasteiger partial charge in [-0.1, -0.05) is 6.07 Å². The van der Waals surface area contributed by atoms with Crippen LogP contribution in [0.15, 0.2) is 36.4 Å². The minimum atomic E-state index is -1.23. The number of nitro groups is 2. The van der Waals surface area contributed by atoms with Gasteiger partial charge in [0, 0.05) is 18.8 Å². The normalized spacial score (nSPS) is 10.2. The van der Waals surface area contributed by atoms with Crippen molar-refractivity contribution in [3.8, 4) is 0 Å². The Labute approximate surface area is 133 Å². The van der Waals surface area contributed by atoms with Gasteiger partial charge in [-0.25, -0.2) is 4.79 Å². The molecule has 0 heterocycles. The minimum absolute atomic E-state index is 0.0654. The number of aromatic carboxylic acids is 1. The fourth-order valence-electron chi connectivity index (χ4n) is 2.08. The Morgan fingerprint density at radius 2 is 1.75 bits per heavy atom. The summed E-state index contributed by atoms with van der Waals surface area (Å²) in [6.07, 6.45) is 0. The zero-order valence-electron chi connectivity index (χ0n) is 12.2. The lowest BCUT2D eigenvalue weighted by Crippen LogP contribution is -2.13. The summed E-state index contributed by atoms with van der Waals surface area (Å²) in [4.78, 5) is 32.1. The molecular weight excluding hydrogens is 325 g/mol. The molecule has 0 aromatic heterocycles. The maximum absolute atomic E-state index is 13.8. The Morgan fingerprint density at radius 3 is 2.29 bits per heavy atom. The molecule has 124 valence electrons. The molecule has 0 amide bonds. The molecule has 2 rings (SSSR count). The first-order chi connectivity index (χ1) is 11.2. The highest BCUT2D eigenvalue weighted by molar-refractivity contribution is 5.89. The molecular formula is C14H10FN3O6. The molecule has 0 saturated carbocycles. The Kier molecular flexibility index (Phi) is 4.40. The maximum atomic E-state index is 13.8. The summed E-state index contributed by atoms with van der Waals surface area (Å²) in [5.41, 5.74) is -1.76. The van der Waals surface area contributed by atoms with Crippen LogP contribution in [0.1, 0.15) is 10.4 Å². The van der Waals surface area contributed by atoms with Crippen molar-refractivity contribution in [3.63, 3.8) is 0 Å². The summed E-state index contributed by atoms with van der Waals surface area (Å²) in [6.45, 7) is 0. The van der Waals surface area contributed by atoms with Gasteiger partial charge in [0.15, 0.2) is 0 Å². The first-order valence-electron chi connectivity index (χ1n) is 6.41. The van der Waals surface area contributed by atoms with E-state index >= 15 is 0 Å². The molecule has 0 bridgehead atoms. The van der Waals surface area contributed by atoms with E-state index in [4.69, 9.17) is 5.11 Å². The number of anilines is 2. The highest BCUT2D eigenvalue weighted by Gasteiger charge is 2.27. The third-order valence-electron chi connectivity index (χ3n) is 3.28. The van der Waals surface area contributed by atoms with Crippen LogP contribution in [-0.2, 0) is 0 Å². The molecule has 0 spiro atoms. The third-order valence-corrected chi connectivity index (χ3v) is 3.28. The second kappa shape index (κ2) is 6.28. The van der Waals surface area contributed by atoms with Gasteiger partial charge in [0.25, 0.3) is 5.69 Å². The number of rotatable bonds is 5. The van der Waals surface area contributed by atoms with Crippen molar-refractivity contribution in [2.24, 2.45) is 0 Å². The number of hydrogen-bond donors (Lipinski definition) is 1. The second-order valence-electron chi connectivity index (χ2n) is 4.72. The van der Waals surface area contributed by atoms with E-state index in [-0.39, 0.29) is 16.9 Å². The van der Waals surface area contributed by atoms with Crippen LogP contribution in [-0.4, -0.2) is 28.0 Å². The molecule has 0 unspecified atom stereocenters. The number of halogens is 1. The van der Waals surface area contributed by atoms with Gasteiger partial charge < -0.3 is 10.0 Å². The highest BCUT2D eigenvalue weighted by atomic mass is 19.1. The Morgan fingerprint density at radius 1 is 1.12 bits per heavy atom. The van der Waals surface area contributed by atoms with Crippen molar-refractivity contribution in [1.29, 1.82) is 0 Å². The minimum Gasteiger partial charge on any atom is -0.478 e. The summed E-state index contributed by atoms with van der Waals surface area (Å²) < 4.78 is 13.8. The van der Waals surface area contributed by atoms with Crippen LogP contribution in [0.3, 0.4) is 0 Å². The SMILES string of the molecule is CN(c1cccc(C(=O)O)c1)c1cc(F)c([N+](=O)[O-])cc1[N+](=O)[O-]. The smallest absolute Gasteiger partial charge is 0.335 e. The number of carboxylic acids is 1. The van der Waals surface area contributed by atoms with E-state index in [0.717, 1.165) is 0 Å². The summed E-state index contributed by atoms with van der Waals surface area (Å²) in [5, 5.41) is 30.9. The summed E-state index contributed by atoms with van der Waals surface area (Å²) in [7, 11) is 1.36. The summed E-state index contributed by atoms with van der Waals surface area (Å²) in [5.74, 6) is -2.43. The predicted octanol–water partition coefficient (Wildman–Crippen LogP) is 3.11. The summed E-state index contributed by atoms with van der Waals surface area (Å²) >= 11 is 0. The second-order valence-corrected chi connectivity index (χ2v) is 4.72. The van der Waals surface area contributed by atoms with E-state index in [9.17, 15) is 29.4 Å². The zero-order chi connectivity index (χ0) is 18.0. The van der Waals surface area contributed by atoms with Crippen LogP contribution in [0, 0.1) is 26.0 Å². The van der Waals surface area contributed by atoms with Crippen molar-refractivity contribution >= 4 is 28.7 Å². The van der Waals surface area contributed by atoms with E-state index in [1.807, 2.05) is 0 Å². The average molecular weight is 335 g/mol. The molecule has 0 aliphatic carbocycles. The van der Waals surface area contributed by atoms with E-state index in [1.165, 1.54) is 36.2 Å². The topological polar surface area (TPSA) is 127 Å². The molecule has 24 heavy (non-hydrogen) atoms. The van der Waals surface area contributed by atoms with Gasteiger partial charge in [0.05, 0.1) is 21.5 Å². The molecule has 9 nitrogen and oxygen atoms in total.